The Morgan fingerprint density at radius 3 is 2.79 bits per heavy atom. The third-order valence-electron chi connectivity index (χ3n) is 3.63. The van der Waals surface area contributed by atoms with Crippen molar-refractivity contribution in [3.8, 4) is 0 Å². The van der Waals surface area contributed by atoms with Crippen LogP contribution < -0.4 is 5.32 Å². The van der Waals surface area contributed by atoms with Crippen LogP contribution >= 0.6 is 11.6 Å². The Bertz CT molecular complexity index is 774. The number of anilines is 1. The number of hydrogen-bond donors (Lipinski definition) is 1. The average molecular weight is 352 g/mol. The summed E-state index contributed by atoms with van der Waals surface area (Å²) >= 11 is 5.97. The van der Waals surface area contributed by atoms with Gasteiger partial charge in [0.2, 0.25) is 5.91 Å². The number of nitrogens with zero attached hydrogens (tertiary/aromatic N) is 4. The molecule has 8 nitrogen and oxygen atoms in total. The van der Waals surface area contributed by atoms with Crippen molar-refractivity contribution in [3.63, 3.8) is 0 Å². The van der Waals surface area contributed by atoms with Crippen LogP contribution in [-0.4, -0.2) is 39.1 Å². The molecule has 2 aromatic rings. The molecule has 0 aliphatic heterocycles. The second-order valence-electron chi connectivity index (χ2n) is 5.52. The van der Waals surface area contributed by atoms with Crippen molar-refractivity contribution in [1.82, 2.24) is 14.7 Å². The molecule has 1 aromatic heterocycles. The van der Waals surface area contributed by atoms with E-state index in [0.717, 1.165) is 11.3 Å². The molecule has 0 saturated carbocycles. The molecule has 9 heteroatoms. The molecule has 0 unspecified atom stereocenters. The van der Waals surface area contributed by atoms with Gasteiger partial charge in [-0.2, -0.15) is 5.10 Å². The van der Waals surface area contributed by atoms with Crippen molar-refractivity contribution in [2.24, 2.45) is 7.05 Å². The second-order valence-corrected chi connectivity index (χ2v) is 5.93. The summed E-state index contributed by atoms with van der Waals surface area (Å²) in [4.78, 5) is 24.2. The van der Waals surface area contributed by atoms with Crippen molar-refractivity contribution < 1.29 is 9.72 Å². The van der Waals surface area contributed by atoms with Crippen molar-refractivity contribution >= 4 is 28.9 Å². The minimum Gasteiger partial charge on any atom is -0.323 e. The van der Waals surface area contributed by atoms with Gasteiger partial charge in [0.25, 0.3) is 5.69 Å². The Balaban J connectivity index is 1.99. The lowest BCUT2D eigenvalue weighted by molar-refractivity contribution is -0.384. The van der Waals surface area contributed by atoms with E-state index in [9.17, 15) is 14.9 Å². The smallest absolute Gasteiger partial charge is 0.271 e. The van der Waals surface area contributed by atoms with E-state index in [1.165, 1.54) is 18.2 Å². The predicted molar refractivity (Wildman–Crippen MR) is 91.0 cm³/mol. The predicted octanol–water partition coefficient (Wildman–Crippen LogP) is 2.36. The maximum atomic E-state index is 12.1. The molecular weight excluding hydrogens is 334 g/mol. The molecule has 1 amide bonds. The number of nitro groups is 1. The first kappa shape index (κ1) is 17.9. The van der Waals surface area contributed by atoms with Crippen LogP contribution in [0.1, 0.15) is 11.3 Å². The Kier molecular flexibility index (Phi) is 5.53. The molecule has 0 radical (unpaired) electrons. The largest absolute Gasteiger partial charge is 0.323 e. The Morgan fingerprint density at radius 1 is 1.50 bits per heavy atom. The molecule has 128 valence electrons. The molecule has 1 N–H and O–H groups in total. The number of carbonyl (C=O) groups is 1. The van der Waals surface area contributed by atoms with Crippen molar-refractivity contribution in [2.45, 2.75) is 13.5 Å². The number of benzene rings is 1. The molecule has 0 aliphatic rings. The average Bonchev–Trinajstić information content (AvgIpc) is 2.81. The van der Waals surface area contributed by atoms with Gasteiger partial charge in [-0.25, -0.2) is 0 Å². The van der Waals surface area contributed by atoms with Crippen LogP contribution in [0.3, 0.4) is 0 Å². The van der Waals surface area contributed by atoms with Gasteiger partial charge in [-0.1, -0.05) is 11.6 Å². The van der Waals surface area contributed by atoms with Gasteiger partial charge in [0.15, 0.2) is 0 Å². The molecule has 1 heterocycles. The van der Waals surface area contributed by atoms with Crippen LogP contribution in [-0.2, 0) is 18.4 Å². The van der Waals surface area contributed by atoms with Crippen molar-refractivity contribution in [1.29, 1.82) is 0 Å². The monoisotopic (exact) mass is 351 g/mol. The van der Waals surface area contributed by atoms with Crippen LogP contribution in [0.15, 0.2) is 24.4 Å². The van der Waals surface area contributed by atoms with Gasteiger partial charge in [-0.15, -0.1) is 0 Å². The normalized spacial score (nSPS) is 10.9. The van der Waals surface area contributed by atoms with Crippen molar-refractivity contribution in [3.05, 3.63) is 50.8 Å². The molecule has 0 fully saturated rings. The third-order valence-corrected chi connectivity index (χ3v) is 3.96. The maximum Gasteiger partial charge on any atom is 0.271 e. The standard InChI is InChI=1S/C15H18ClN5O3/c1-10-11(7-17-20(10)3)8-19(2)9-15(22)18-14-6-12(21(23)24)4-5-13(14)16/h4-7H,8-9H2,1-3H3,(H,18,22). The minimum absolute atomic E-state index is 0.118. The van der Waals surface area contributed by atoms with Gasteiger partial charge in [0.05, 0.1) is 28.4 Å². The zero-order chi connectivity index (χ0) is 17.9. The molecule has 1 aromatic carbocycles. The molecule has 0 aliphatic carbocycles. The lowest BCUT2D eigenvalue weighted by Crippen LogP contribution is -2.30. The number of aromatic nitrogens is 2. The van der Waals surface area contributed by atoms with Gasteiger partial charge in [-0.3, -0.25) is 24.5 Å². The fraction of sp³-hybridized carbons (Fsp3) is 0.333. The highest BCUT2D eigenvalue weighted by Gasteiger charge is 2.14. The number of nitrogens with one attached hydrogen (secondary N) is 1. The van der Waals surface area contributed by atoms with Crippen LogP contribution in [0.25, 0.3) is 0 Å². The van der Waals surface area contributed by atoms with Crippen LogP contribution in [0.4, 0.5) is 11.4 Å². The first-order valence-corrected chi connectivity index (χ1v) is 7.55. The number of rotatable bonds is 6. The number of likely N-dealkylation sites (N-methyl/N-ethyl adjacent to an activating group) is 1. The number of amides is 1. The minimum atomic E-state index is -0.538. The maximum absolute atomic E-state index is 12.1. The second kappa shape index (κ2) is 7.41. The van der Waals surface area contributed by atoms with E-state index in [4.69, 9.17) is 11.6 Å². The number of non-ortho nitro benzene ring substituents is 1. The number of aryl methyl sites for hydroxylation is 1. The fourth-order valence-electron chi connectivity index (χ4n) is 2.20. The third kappa shape index (κ3) is 4.30. The van der Waals surface area contributed by atoms with E-state index in [0.29, 0.717) is 6.54 Å². The first-order chi connectivity index (χ1) is 11.3. The van der Waals surface area contributed by atoms with Gasteiger partial charge < -0.3 is 5.32 Å². The van der Waals surface area contributed by atoms with E-state index >= 15 is 0 Å². The summed E-state index contributed by atoms with van der Waals surface area (Å²) in [5.41, 5.74) is 2.15. The highest BCUT2D eigenvalue weighted by molar-refractivity contribution is 6.33. The van der Waals surface area contributed by atoms with E-state index in [1.807, 2.05) is 18.9 Å². The zero-order valence-corrected chi connectivity index (χ0v) is 14.4. The quantitative estimate of drug-likeness (QED) is 0.637. The van der Waals surface area contributed by atoms with E-state index in [-0.39, 0.29) is 28.8 Å². The summed E-state index contributed by atoms with van der Waals surface area (Å²) in [5, 5.41) is 17.8. The number of hydrogen-bond acceptors (Lipinski definition) is 5. The Morgan fingerprint density at radius 2 is 2.21 bits per heavy atom. The molecule has 0 spiro atoms. The van der Waals surface area contributed by atoms with Gasteiger partial charge >= 0.3 is 0 Å². The van der Waals surface area contributed by atoms with E-state index in [1.54, 1.807) is 17.9 Å². The van der Waals surface area contributed by atoms with Gasteiger partial charge in [0.1, 0.15) is 0 Å². The van der Waals surface area contributed by atoms with Crippen LogP contribution in [0.2, 0.25) is 5.02 Å². The van der Waals surface area contributed by atoms with E-state index in [2.05, 4.69) is 10.4 Å². The summed E-state index contributed by atoms with van der Waals surface area (Å²) in [5.74, 6) is -0.304. The van der Waals surface area contributed by atoms with Crippen molar-refractivity contribution in [2.75, 3.05) is 18.9 Å². The zero-order valence-electron chi connectivity index (χ0n) is 13.6. The number of halogens is 1. The molecular formula is C15H18ClN5O3. The molecule has 2 rings (SSSR count). The van der Waals surface area contributed by atoms with Crippen LogP contribution in [0, 0.1) is 17.0 Å². The molecule has 24 heavy (non-hydrogen) atoms. The SMILES string of the molecule is Cc1c(CN(C)CC(=O)Nc2cc([N+](=O)[O-])ccc2Cl)cnn1C. The molecule has 0 bridgehead atoms. The lowest BCUT2D eigenvalue weighted by atomic mass is 10.2. The molecule has 0 atom stereocenters. The fourth-order valence-corrected chi connectivity index (χ4v) is 2.37. The highest BCUT2D eigenvalue weighted by Crippen LogP contribution is 2.26. The summed E-state index contributed by atoms with van der Waals surface area (Å²) in [6, 6.07) is 3.92. The van der Waals surface area contributed by atoms with E-state index < -0.39 is 4.92 Å². The van der Waals surface area contributed by atoms with Gasteiger partial charge in [-0.05, 0) is 20.0 Å². The topological polar surface area (TPSA) is 93.3 Å². The Labute approximate surface area is 144 Å². The summed E-state index contributed by atoms with van der Waals surface area (Å²) in [6.07, 6.45) is 1.77. The summed E-state index contributed by atoms with van der Waals surface area (Å²) in [7, 11) is 3.66. The number of carbonyl (C=O) groups excluding carboxylic acids is 1. The lowest BCUT2D eigenvalue weighted by Gasteiger charge is -2.16. The van der Waals surface area contributed by atoms with Gasteiger partial charge in [0, 0.05) is 37.0 Å². The summed E-state index contributed by atoms with van der Waals surface area (Å²) in [6.45, 7) is 2.64. The highest BCUT2D eigenvalue weighted by atomic mass is 35.5. The Hall–Kier alpha value is -2.45. The number of nitro benzene ring substituents is 1. The molecule has 0 saturated heterocycles. The summed E-state index contributed by atoms with van der Waals surface area (Å²) < 4.78 is 1.77. The first-order valence-electron chi connectivity index (χ1n) is 7.17. The van der Waals surface area contributed by atoms with Crippen LogP contribution in [0.5, 0.6) is 0 Å².